The van der Waals surface area contributed by atoms with Gasteiger partial charge in [-0.05, 0) is 24.5 Å². The van der Waals surface area contributed by atoms with E-state index in [-0.39, 0.29) is 0 Å². The van der Waals surface area contributed by atoms with Crippen molar-refractivity contribution in [3.63, 3.8) is 0 Å². The molecule has 1 atom stereocenters. The fourth-order valence-corrected chi connectivity index (χ4v) is 2.63. The summed E-state index contributed by atoms with van der Waals surface area (Å²) in [7, 11) is 1.80. The van der Waals surface area contributed by atoms with E-state index in [1.54, 1.807) is 7.11 Å². The number of ether oxygens (including phenoxy) is 1. The number of benzene rings is 1. The number of rotatable bonds is 2. The lowest BCUT2D eigenvalue weighted by molar-refractivity contribution is 0.0960. The minimum atomic E-state index is 0.340. The van der Waals surface area contributed by atoms with E-state index >= 15 is 0 Å². The van der Waals surface area contributed by atoms with Crippen molar-refractivity contribution in [2.45, 2.75) is 31.8 Å². The van der Waals surface area contributed by atoms with Gasteiger partial charge < -0.3 is 9.15 Å². The smallest absolute Gasteiger partial charge is 0.134 e. The highest BCUT2D eigenvalue weighted by Crippen LogP contribution is 2.30. The zero-order chi connectivity index (χ0) is 12.4. The number of aryl methyl sites for hydroxylation is 1. The van der Waals surface area contributed by atoms with Crippen LogP contribution < -0.4 is 0 Å². The van der Waals surface area contributed by atoms with Crippen LogP contribution in [0.25, 0.3) is 11.3 Å². The molecular formula is C16H18O2. The van der Waals surface area contributed by atoms with Gasteiger partial charge >= 0.3 is 0 Å². The molecule has 0 N–H and O–H groups in total. The number of hydrogen-bond acceptors (Lipinski definition) is 2. The maximum Gasteiger partial charge on any atom is 0.134 e. The summed E-state index contributed by atoms with van der Waals surface area (Å²) in [5.41, 5.74) is 2.47. The Morgan fingerprint density at radius 3 is 2.83 bits per heavy atom. The van der Waals surface area contributed by atoms with Gasteiger partial charge in [-0.25, -0.2) is 0 Å². The average molecular weight is 242 g/mol. The summed E-state index contributed by atoms with van der Waals surface area (Å²) in [6, 6.07) is 12.5. The first-order valence-corrected chi connectivity index (χ1v) is 6.56. The Kier molecular flexibility index (Phi) is 3.20. The molecule has 0 saturated heterocycles. The van der Waals surface area contributed by atoms with E-state index in [0.29, 0.717) is 6.10 Å². The highest BCUT2D eigenvalue weighted by molar-refractivity contribution is 5.58. The van der Waals surface area contributed by atoms with Crippen LogP contribution in [0.15, 0.2) is 40.8 Å². The van der Waals surface area contributed by atoms with E-state index in [4.69, 9.17) is 9.15 Å². The Labute approximate surface area is 108 Å². The highest BCUT2D eigenvalue weighted by Gasteiger charge is 2.20. The molecule has 2 nitrogen and oxygen atoms in total. The van der Waals surface area contributed by atoms with Crippen molar-refractivity contribution in [3.8, 4) is 11.3 Å². The lowest BCUT2D eigenvalue weighted by atomic mass is 10.1. The minimum absolute atomic E-state index is 0.340. The first kappa shape index (κ1) is 11.5. The molecule has 0 fully saturated rings. The summed E-state index contributed by atoms with van der Waals surface area (Å²) in [5, 5.41) is 0. The van der Waals surface area contributed by atoms with E-state index in [9.17, 15) is 0 Å². The maximum absolute atomic E-state index is 6.01. The zero-order valence-corrected chi connectivity index (χ0v) is 10.7. The molecule has 0 radical (unpaired) electrons. The molecule has 1 aromatic carbocycles. The largest absolute Gasteiger partial charge is 0.461 e. The third kappa shape index (κ3) is 2.21. The van der Waals surface area contributed by atoms with Crippen LogP contribution in [-0.4, -0.2) is 13.2 Å². The van der Waals surface area contributed by atoms with Crippen molar-refractivity contribution in [1.82, 2.24) is 0 Å². The van der Waals surface area contributed by atoms with Gasteiger partial charge in [0.15, 0.2) is 0 Å². The van der Waals surface area contributed by atoms with Crippen LogP contribution in [0, 0.1) is 0 Å². The van der Waals surface area contributed by atoms with Gasteiger partial charge in [0.2, 0.25) is 0 Å². The molecular weight excluding hydrogens is 224 g/mol. The van der Waals surface area contributed by atoms with Crippen LogP contribution in [0.2, 0.25) is 0 Å². The normalized spacial score (nSPS) is 19.3. The Morgan fingerprint density at radius 1 is 1.22 bits per heavy atom. The molecule has 0 aliphatic heterocycles. The van der Waals surface area contributed by atoms with Gasteiger partial charge in [0.25, 0.3) is 0 Å². The molecule has 0 amide bonds. The average Bonchev–Trinajstić information content (AvgIpc) is 2.72. The molecule has 0 spiro atoms. The summed E-state index contributed by atoms with van der Waals surface area (Å²) in [5.74, 6) is 2.13. The second-order valence-corrected chi connectivity index (χ2v) is 4.88. The van der Waals surface area contributed by atoms with Crippen molar-refractivity contribution in [3.05, 3.63) is 47.7 Å². The van der Waals surface area contributed by atoms with Crippen molar-refractivity contribution >= 4 is 0 Å². The lowest BCUT2D eigenvalue weighted by Crippen LogP contribution is -2.11. The van der Waals surface area contributed by atoms with Crippen molar-refractivity contribution < 1.29 is 9.15 Å². The van der Waals surface area contributed by atoms with E-state index in [2.05, 4.69) is 18.2 Å². The van der Waals surface area contributed by atoms with Crippen LogP contribution in [0.5, 0.6) is 0 Å². The third-order valence-electron chi connectivity index (χ3n) is 3.67. The molecule has 2 aromatic rings. The van der Waals surface area contributed by atoms with Gasteiger partial charge in [-0.1, -0.05) is 30.3 Å². The molecule has 1 heterocycles. The highest BCUT2D eigenvalue weighted by atomic mass is 16.5. The van der Waals surface area contributed by atoms with E-state index in [0.717, 1.165) is 42.8 Å². The molecule has 0 bridgehead atoms. The van der Waals surface area contributed by atoms with Crippen LogP contribution in [0.4, 0.5) is 0 Å². The minimum Gasteiger partial charge on any atom is -0.461 e. The van der Waals surface area contributed by atoms with Gasteiger partial charge in [-0.15, -0.1) is 0 Å². The molecule has 1 aliphatic rings. The molecule has 1 aromatic heterocycles. The van der Waals surface area contributed by atoms with Crippen LogP contribution >= 0.6 is 0 Å². The first-order valence-electron chi connectivity index (χ1n) is 6.56. The monoisotopic (exact) mass is 242 g/mol. The summed E-state index contributed by atoms with van der Waals surface area (Å²) in [6.45, 7) is 0. The second-order valence-electron chi connectivity index (χ2n) is 4.88. The summed E-state index contributed by atoms with van der Waals surface area (Å²) in [4.78, 5) is 0. The zero-order valence-electron chi connectivity index (χ0n) is 10.7. The van der Waals surface area contributed by atoms with Gasteiger partial charge in [0, 0.05) is 25.5 Å². The summed E-state index contributed by atoms with van der Waals surface area (Å²) >= 11 is 0. The number of fused-ring (bicyclic) bond motifs is 1. The second kappa shape index (κ2) is 4.99. The Bertz CT molecular complexity index is 513. The SMILES string of the molecule is CO[C@H]1CCCc2oc(-c3ccccc3)cc2C1. The van der Waals surface area contributed by atoms with Gasteiger partial charge in [-0.3, -0.25) is 0 Å². The number of hydrogen-bond donors (Lipinski definition) is 0. The molecule has 18 heavy (non-hydrogen) atoms. The maximum atomic E-state index is 6.01. The lowest BCUT2D eigenvalue weighted by Gasteiger charge is -2.10. The summed E-state index contributed by atoms with van der Waals surface area (Å²) in [6.07, 6.45) is 4.62. The number of furan rings is 1. The molecule has 94 valence electrons. The standard InChI is InChI=1S/C16H18O2/c1-17-14-8-5-9-15-13(10-14)11-16(18-15)12-6-3-2-4-7-12/h2-4,6-7,11,14H,5,8-10H2,1H3/t14-/m0/s1. The fourth-order valence-electron chi connectivity index (χ4n) is 2.63. The Morgan fingerprint density at radius 2 is 2.06 bits per heavy atom. The molecule has 1 aliphatic carbocycles. The summed E-state index contributed by atoms with van der Waals surface area (Å²) < 4.78 is 11.5. The molecule has 2 heteroatoms. The number of methoxy groups -OCH3 is 1. The predicted molar refractivity (Wildman–Crippen MR) is 71.6 cm³/mol. The van der Waals surface area contributed by atoms with E-state index in [1.165, 1.54) is 5.56 Å². The van der Waals surface area contributed by atoms with Crippen molar-refractivity contribution in [1.29, 1.82) is 0 Å². The fraction of sp³-hybridized carbons (Fsp3) is 0.375. The molecule has 0 unspecified atom stereocenters. The molecule has 3 rings (SSSR count). The van der Waals surface area contributed by atoms with Crippen LogP contribution in [-0.2, 0) is 17.6 Å². The van der Waals surface area contributed by atoms with Gasteiger partial charge in [0.05, 0.1) is 6.10 Å². The van der Waals surface area contributed by atoms with Crippen molar-refractivity contribution in [2.75, 3.05) is 7.11 Å². The topological polar surface area (TPSA) is 22.4 Å². The Balaban J connectivity index is 1.93. The predicted octanol–water partition coefficient (Wildman–Crippen LogP) is 3.84. The first-order chi connectivity index (χ1) is 8.86. The third-order valence-corrected chi connectivity index (χ3v) is 3.67. The van der Waals surface area contributed by atoms with E-state index < -0.39 is 0 Å². The van der Waals surface area contributed by atoms with Crippen LogP contribution in [0.3, 0.4) is 0 Å². The Hall–Kier alpha value is -1.54. The van der Waals surface area contributed by atoms with Gasteiger partial charge in [-0.2, -0.15) is 0 Å². The van der Waals surface area contributed by atoms with Gasteiger partial charge in [0.1, 0.15) is 11.5 Å². The van der Waals surface area contributed by atoms with Crippen LogP contribution in [0.1, 0.15) is 24.2 Å². The van der Waals surface area contributed by atoms with Crippen molar-refractivity contribution in [2.24, 2.45) is 0 Å². The quantitative estimate of drug-likeness (QED) is 0.746. The van der Waals surface area contributed by atoms with E-state index in [1.807, 2.05) is 18.2 Å². The molecule has 0 saturated carbocycles.